The number of fused-ring (bicyclic) bond motifs is 1. The van der Waals surface area contributed by atoms with Gasteiger partial charge in [0.2, 0.25) is 0 Å². The Bertz CT molecular complexity index is 376. The molecule has 1 unspecified atom stereocenters. The van der Waals surface area contributed by atoms with Gasteiger partial charge in [0, 0.05) is 12.2 Å². The maximum absolute atomic E-state index is 11.1. The molecule has 0 aliphatic carbocycles. The molecule has 3 nitrogen and oxygen atoms in total. The first kappa shape index (κ1) is 8.72. The van der Waals surface area contributed by atoms with Crippen LogP contribution in [0, 0.1) is 6.92 Å². The molecule has 13 heavy (non-hydrogen) atoms. The quantitative estimate of drug-likeness (QED) is 0.702. The molecule has 70 valence electrons. The molecule has 1 aromatic rings. The van der Waals surface area contributed by atoms with Crippen LogP contribution in [0.25, 0.3) is 0 Å². The average Bonchev–Trinajstić information content (AvgIpc) is 2.51. The lowest BCUT2D eigenvalue weighted by molar-refractivity contribution is 0.684. The van der Waals surface area contributed by atoms with Gasteiger partial charge in [0.15, 0.2) is 0 Å². The first-order valence-corrected chi connectivity index (χ1v) is 5.43. The second-order valence-corrected chi connectivity index (χ2v) is 4.31. The van der Waals surface area contributed by atoms with Crippen molar-refractivity contribution in [2.75, 3.05) is 11.9 Å². The fourth-order valence-electron chi connectivity index (χ4n) is 1.71. The van der Waals surface area contributed by atoms with E-state index in [9.17, 15) is 4.21 Å². The SMILES string of the molecule is Cc1cc(S(N)=O)cc2c1CCN2. The molecule has 0 saturated carbocycles. The predicted octanol–water partition coefficient (Wildman–Crippen LogP) is 0.944. The molecule has 1 aliphatic rings. The van der Waals surface area contributed by atoms with Crippen LogP contribution in [0.3, 0.4) is 0 Å². The fourth-order valence-corrected chi connectivity index (χ4v) is 2.24. The molecular formula is C9H12N2OS. The maximum atomic E-state index is 11.1. The summed E-state index contributed by atoms with van der Waals surface area (Å²) in [4.78, 5) is 0.700. The van der Waals surface area contributed by atoms with Crippen LogP contribution in [-0.4, -0.2) is 10.8 Å². The first-order chi connectivity index (χ1) is 6.18. The summed E-state index contributed by atoms with van der Waals surface area (Å²) in [6.07, 6.45) is 1.05. The number of aryl methyl sites for hydroxylation is 1. The van der Waals surface area contributed by atoms with Crippen molar-refractivity contribution in [1.82, 2.24) is 0 Å². The summed E-state index contributed by atoms with van der Waals surface area (Å²) < 4.78 is 11.1. The zero-order chi connectivity index (χ0) is 9.42. The molecule has 1 aliphatic heterocycles. The fraction of sp³-hybridized carbons (Fsp3) is 0.333. The molecule has 0 radical (unpaired) electrons. The van der Waals surface area contributed by atoms with Gasteiger partial charge in [-0.2, -0.15) is 0 Å². The van der Waals surface area contributed by atoms with Crippen LogP contribution in [0.4, 0.5) is 5.69 Å². The molecule has 1 atom stereocenters. The van der Waals surface area contributed by atoms with Crippen LogP contribution < -0.4 is 10.5 Å². The minimum atomic E-state index is -1.37. The molecule has 0 amide bonds. The summed E-state index contributed by atoms with van der Waals surface area (Å²) in [7, 11) is -1.37. The molecule has 1 heterocycles. The highest BCUT2D eigenvalue weighted by Crippen LogP contribution is 2.27. The molecule has 0 spiro atoms. The van der Waals surface area contributed by atoms with E-state index in [1.807, 2.05) is 19.1 Å². The van der Waals surface area contributed by atoms with E-state index in [1.54, 1.807) is 0 Å². The van der Waals surface area contributed by atoms with Gasteiger partial charge < -0.3 is 5.32 Å². The second-order valence-electron chi connectivity index (χ2n) is 3.24. The maximum Gasteiger partial charge on any atom is 0.122 e. The van der Waals surface area contributed by atoms with Crippen molar-refractivity contribution < 1.29 is 4.21 Å². The van der Waals surface area contributed by atoms with E-state index in [-0.39, 0.29) is 0 Å². The van der Waals surface area contributed by atoms with Crippen molar-refractivity contribution in [3.8, 4) is 0 Å². The lowest BCUT2D eigenvalue weighted by Crippen LogP contribution is -2.03. The number of anilines is 1. The topological polar surface area (TPSA) is 55.1 Å². The highest BCUT2D eigenvalue weighted by Gasteiger charge is 2.14. The Morgan fingerprint density at radius 3 is 3.00 bits per heavy atom. The van der Waals surface area contributed by atoms with Gasteiger partial charge in [-0.1, -0.05) is 0 Å². The van der Waals surface area contributed by atoms with Gasteiger partial charge in [0.25, 0.3) is 0 Å². The molecule has 4 heteroatoms. The number of hydrogen-bond donors (Lipinski definition) is 2. The van der Waals surface area contributed by atoms with Gasteiger partial charge in [-0.25, -0.2) is 9.35 Å². The van der Waals surface area contributed by atoms with Crippen molar-refractivity contribution in [2.45, 2.75) is 18.2 Å². The number of nitrogens with one attached hydrogen (secondary N) is 1. The number of benzene rings is 1. The summed E-state index contributed by atoms with van der Waals surface area (Å²) >= 11 is 0. The van der Waals surface area contributed by atoms with E-state index < -0.39 is 11.0 Å². The van der Waals surface area contributed by atoms with Crippen LogP contribution in [-0.2, 0) is 17.4 Å². The first-order valence-electron chi connectivity index (χ1n) is 4.22. The summed E-state index contributed by atoms with van der Waals surface area (Å²) in [5, 5.41) is 8.57. The van der Waals surface area contributed by atoms with Gasteiger partial charge in [-0.3, -0.25) is 0 Å². The average molecular weight is 196 g/mol. The summed E-state index contributed by atoms with van der Waals surface area (Å²) in [5.41, 5.74) is 3.60. The highest BCUT2D eigenvalue weighted by atomic mass is 32.2. The van der Waals surface area contributed by atoms with Gasteiger partial charge in [-0.05, 0) is 36.6 Å². The minimum Gasteiger partial charge on any atom is -0.384 e. The van der Waals surface area contributed by atoms with E-state index in [4.69, 9.17) is 5.14 Å². The molecule has 3 N–H and O–H groups in total. The van der Waals surface area contributed by atoms with Crippen LogP contribution in [0.15, 0.2) is 17.0 Å². The zero-order valence-corrected chi connectivity index (χ0v) is 8.28. The summed E-state index contributed by atoms with van der Waals surface area (Å²) in [5.74, 6) is 0. The lowest BCUT2D eigenvalue weighted by atomic mass is 10.1. The second kappa shape index (κ2) is 3.12. The minimum absolute atomic E-state index is 0.700. The van der Waals surface area contributed by atoms with E-state index in [0.29, 0.717) is 4.90 Å². The number of nitrogens with two attached hydrogens (primary N) is 1. The molecule has 2 rings (SSSR count). The van der Waals surface area contributed by atoms with Crippen LogP contribution >= 0.6 is 0 Å². The molecular weight excluding hydrogens is 184 g/mol. The molecule has 0 bridgehead atoms. The largest absolute Gasteiger partial charge is 0.384 e. The van der Waals surface area contributed by atoms with Crippen LogP contribution in [0.1, 0.15) is 11.1 Å². The Morgan fingerprint density at radius 2 is 2.31 bits per heavy atom. The van der Waals surface area contributed by atoms with Gasteiger partial charge >= 0.3 is 0 Å². The Hall–Kier alpha value is -0.870. The molecule has 0 fully saturated rings. The Kier molecular flexibility index (Phi) is 2.09. The monoisotopic (exact) mass is 196 g/mol. The zero-order valence-electron chi connectivity index (χ0n) is 7.46. The van der Waals surface area contributed by atoms with Crippen molar-refractivity contribution in [3.63, 3.8) is 0 Å². The van der Waals surface area contributed by atoms with Crippen LogP contribution in [0.2, 0.25) is 0 Å². The molecule has 1 aromatic carbocycles. The Balaban J connectivity index is 2.55. The third-order valence-electron chi connectivity index (χ3n) is 2.37. The van der Waals surface area contributed by atoms with Crippen molar-refractivity contribution in [1.29, 1.82) is 0 Å². The molecule has 0 saturated heterocycles. The molecule has 0 aromatic heterocycles. The third-order valence-corrected chi connectivity index (χ3v) is 3.07. The van der Waals surface area contributed by atoms with Crippen molar-refractivity contribution in [3.05, 3.63) is 23.3 Å². The predicted molar refractivity (Wildman–Crippen MR) is 54.0 cm³/mol. The number of rotatable bonds is 1. The number of hydrogen-bond acceptors (Lipinski definition) is 2. The van der Waals surface area contributed by atoms with Crippen molar-refractivity contribution in [2.24, 2.45) is 5.14 Å². The normalized spacial score (nSPS) is 16.5. The van der Waals surface area contributed by atoms with Gasteiger partial charge in [0.1, 0.15) is 11.0 Å². The van der Waals surface area contributed by atoms with Gasteiger partial charge in [0.05, 0.1) is 4.90 Å². The van der Waals surface area contributed by atoms with E-state index in [0.717, 1.165) is 18.7 Å². The Labute approximate surface area is 79.9 Å². The van der Waals surface area contributed by atoms with Crippen LogP contribution in [0.5, 0.6) is 0 Å². The summed E-state index contributed by atoms with van der Waals surface area (Å²) in [6.45, 7) is 3.00. The third kappa shape index (κ3) is 1.47. The Morgan fingerprint density at radius 1 is 1.54 bits per heavy atom. The standard InChI is InChI=1S/C9H12N2OS/c1-6-4-7(13(10)12)5-9-8(6)2-3-11-9/h4-5,11H,2-3,10H2,1H3. The highest BCUT2D eigenvalue weighted by molar-refractivity contribution is 7.82. The van der Waals surface area contributed by atoms with E-state index in [2.05, 4.69) is 5.32 Å². The van der Waals surface area contributed by atoms with Crippen molar-refractivity contribution >= 4 is 16.7 Å². The lowest BCUT2D eigenvalue weighted by Gasteiger charge is -2.05. The van der Waals surface area contributed by atoms with E-state index >= 15 is 0 Å². The summed E-state index contributed by atoms with van der Waals surface area (Å²) in [6, 6.07) is 3.79. The van der Waals surface area contributed by atoms with E-state index in [1.165, 1.54) is 11.1 Å². The smallest absolute Gasteiger partial charge is 0.122 e. The van der Waals surface area contributed by atoms with Gasteiger partial charge in [-0.15, -0.1) is 0 Å².